The molecule has 0 saturated carbocycles. The van der Waals surface area contributed by atoms with Crippen LogP contribution in [0.15, 0.2) is 0 Å². The first-order chi connectivity index (χ1) is 40.9. The number of aliphatic hydroxyl groups excluding tert-OH is 1. The minimum Gasteiger partial charge on any atom is -0.462 e. The molecule has 0 spiro atoms. The molecule has 0 heterocycles. The lowest BCUT2D eigenvalue weighted by Crippen LogP contribution is -2.30. The van der Waals surface area contributed by atoms with Crippen LogP contribution in [-0.2, 0) is 65.4 Å². The van der Waals surface area contributed by atoms with Gasteiger partial charge >= 0.3 is 39.5 Å². The summed E-state index contributed by atoms with van der Waals surface area (Å²) >= 11 is 0. The highest BCUT2D eigenvalue weighted by Gasteiger charge is 2.30. The minimum atomic E-state index is -4.95. The molecule has 0 aliphatic heterocycles. The Balaban J connectivity index is 5.25. The van der Waals surface area contributed by atoms with Crippen LogP contribution in [0.2, 0.25) is 0 Å². The molecule has 0 aromatic carbocycles. The smallest absolute Gasteiger partial charge is 0.462 e. The number of carbonyl (C=O) groups is 4. The number of carbonyl (C=O) groups excluding carboxylic acids is 4. The summed E-state index contributed by atoms with van der Waals surface area (Å²) < 4.78 is 68.1. The van der Waals surface area contributed by atoms with Crippen LogP contribution in [0, 0.1) is 11.8 Å². The molecule has 19 heteroatoms. The lowest BCUT2D eigenvalue weighted by Gasteiger charge is -2.21. The van der Waals surface area contributed by atoms with E-state index < -0.39 is 97.5 Å². The highest BCUT2D eigenvalue weighted by Crippen LogP contribution is 2.45. The number of hydrogen-bond donors (Lipinski definition) is 3. The fourth-order valence-corrected chi connectivity index (χ4v) is 11.4. The summed E-state index contributed by atoms with van der Waals surface area (Å²) in [5, 5.41) is 10.6. The fourth-order valence-electron chi connectivity index (χ4n) is 9.85. The molecule has 504 valence electrons. The predicted octanol–water partition coefficient (Wildman–Crippen LogP) is 18.4. The van der Waals surface area contributed by atoms with Crippen LogP contribution in [0.4, 0.5) is 0 Å². The van der Waals surface area contributed by atoms with Crippen LogP contribution in [0.5, 0.6) is 0 Å². The molecule has 3 N–H and O–H groups in total. The normalized spacial score (nSPS) is 14.6. The van der Waals surface area contributed by atoms with Gasteiger partial charge in [0.05, 0.1) is 26.4 Å². The van der Waals surface area contributed by atoms with E-state index in [0.29, 0.717) is 25.7 Å². The summed E-state index contributed by atoms with van der Waals surface area (Å²) in [5.74, 6) is -0.617. The molecule has 0 saturated heterocycles. The van der Waals surface area contributed by atoms with Crippen LogP contribution in [-0.4, -0.2) is 96.7 Å². The molecule has 85 heavy (non-hydrogen) atoms. The maximum atomic E-state index is 13.0. The molecule has 0 aromatic heterocycles. The van der Waals surface area contributed by atoms with Gasteiger partial charge in [0, 0.05) is 25.7 Å². The number of hydrogen-bond acceptors (Lipinski definition) is 15. The van der Waals surface area contributed by atoms with Crippen molar-refractivity contribution in [1.82, 2.24) is 0 Å². The molecule has 0 aliphatic rings. The van der Waals surface area contributed by atoms with E-state index in [0.717, 1.165) is 102 Å². The first-order valence-corrected chi connectivity index (χ1v) is 37.5. The zero-order valence-electron chi connectivity index (χ0n) is 54.9. The Labute approximate surface area is 517 Å². The van der Waals surface area contributed by atoms with Gasteiger partial charge in [0.25, 0.3) is 0 Å². The van der Waals surface area contributed by atoms with Gasteiger partial charge < -0.3 is 33.8 Å². The molecule has 0 rings (SSSR count). The van der Waals surface area contributed by atoms with Gasteiger partial charge in [-0.3, -0.25) is 37.3 Å². The second kappa shape index (κ2) is 58.4. The highest BCUT2D eigenvalue weighted by molar-refractivity contribution is 7.47. The molecule has 0 fully saturated rings. The average molecular weight is 1260 g/mol. The van der Waals surface area contributed by atoms with Gasteiger partial charge in [0.15, 0.2) is 12.2 Å². The number of phosphoric ester groups is 2. The molecule has 0 amide bonds. The van der Waals surface area contributed by atoms with Gasteiger partial charge in [-0.15, -0.1) is 0 Å². The third-order valence-corrected chi connectivity index (χ3v) is 17.5. The average Bonchev–Trinajstić information content (AvgIpc) is 3.50. The molecule has 17 nitrogen and oxygen atoms in total. The molecule has 3 unspecified atom stereocenters. The monoisotopic (exact) mass is 1250 g/mol. The van der Waals surface area contributed by atoms with E-state index in [1.54, 1.807) is 0 Å². The van der Waals surface area contributed by atoms with Crippen LogP contribution < -0.4 is 0 Å². The van der Waals surface area contributed by atoms with Crippen LogP contribution in [0.25, 0.3) is 0 Å². The second-order valence-electron chi connectivity index (χ2n) is 24.6. The summed E-state index contributed by atoms with van der Waals surface area (Å²) in [6.07, 6.45) is 41.5. The van der Waals surface area contributed by atoms with Crippen LogP contribution in [0.1, 0.15) is 330 Å². The maximum absolute atomic E-state index is 13.0. The molecule has 0 aliphatic carbocycles. The van der Waals surface area contributed by atoms with Gasteiger partial charge in [-0.2, -0.15) is 0 Å². The number of unbranched alkanes of at least 4 members (excludes halogenated alkanes) is 34. The van der Waals surface area contributed by atoms with E-state index in [4.69, 9.17) is 37.0 Å². The van der Waals surface area contributed by atoms with Gasteiger partial charge in [-0.25, -0.2) is 9.13 Å². The van der Waals surface area contributed by atoms with E-state index in [1.807, 2.05) is 0 Å². The number of ether oxygens (including phenoxy) is 4. The zero-order valence-corrected chi connectivity index (χ0v) is 56.7. The fraction of sp³-hybridized carbons (Fsp3) is 0.939. The van der Waals surface area contributed by atoms with Crippen molar-refractivity contribution in [3.63, 3.8) is 0 Å². The highest BCUT2D eigenvalue weighted by atomic mass is 31.2. The molecular formula is C66H128O17P2. The Kier molecular flexibility index (Phi) is 57.1. The van der Waals surface area contributed by atoms with E-state index in [1.165, 1.54) is 148 Å². The van der Waals surface area contributed by atoms with Gasteiger partial charge in [0.2, 0.25) is 0 Å². The molecular weight excluding hydrogens is 1130 g/mol. The van der Waals surface area contributed by atoms with Crippen molar-refractivity contribution in [1.29, 1.82) is 0 Å². The Morgan fingerprint density at radius 1 is 0.341 bits per heavy atom. The third kappa shape index (κ3) is 59.5. The number of aliphatic hydroxyl groups is 1. The summed E-state index contributed by atoms with van der Waals surface area (Å²) in [5.41, 5.74) is 0. The van der Waals surface area contributed by atoms with E-state index in [-0.39, 0.29) is 25.7 Å². The van der Waals surface area contributed by atoms with Crippen molar-refractivity contribution in [2.75, 3.05) is 39.6 Å². The molecule has 0 aromatic rings. The minimum absolute atomic E-state index is 0.105. The largest absolute Gasteiger partial charge is 0.472 e. The summed E-state index contributed by atoms with van der Waals surface area (Å²) in [4.78, 5) is 72.3. The Hall–Kier alpha value is -1.94. The van der Waals surface area contributed by atoms with Crippen molar-refractivity contribution in [2.24, 2.45) is 11.8 Å². The Morgan fingerprint density at radius 2 is 0.600 bits per heavy atom. The molecule has 0 radical (unpaired) electrons. The topological polar surface area (TPSA) is 237 Å². The van der Waals surface area contributed by atoms with E-state index in [2.05, 4.69) is 41.5 Å². The van der Waals surface area contributed by atoms with Crippen LogP contribution in [0.3, 0.4) is 0 Å². The first-order valence-electron chi connectivity index (χ1n) is 34.5. The van der Waals surface area contributed by atoms with Crippen molar-refractivity contribution in [3.05, 3.63) is 0 Å². The molecule has 6 atom stereocenters. The van der Waals surface area contributed by atoms with Crippen molar-refractivity contribution < 1.29 is 80.2 Å². The predicted molar refractivity (Wildman–Crippen MR) is 340 cm³/mol. The lowest BCUT2D eigenvalue weighted by molar-refractivity contribution is -0.161. The van der Waals surface area contributed by atoms with Crippen molar-refractivity contribution in [3.8, 4) is 0 Å². The summed E-state index contributed by atoms with van der Waals surface area (Å²) in [7, 11) is -9.89. The third-order valence-electron chi connectivity index (χ3n) is 15.6. The van der Waals surface area contributed by atoms with Gasteiger partial charge in [0.1, 0.15) is 19.3 Å². The number of phosphoric acid groups is 2. The molecule has 0 bridgehead atoms. The van der Waals surface area contributed by atoms with Gasteiger partial charge in [-0.1, -0.05) is 279 Å². The quantitative estimate of drug-likeness (QED) is 0.0222. The van der Waals surface area contributed by atoms with Crippen LogP contribution >= 0.6 is 15.6 Å². The zero-order chi connectivity index (χ0) is 62.9. The van der Waals surface area contributed by atoms with Crippen molar-refractivity contribution >= 4 is 39.5 Å². The Bertz CT molecular complexity index is 1670. The Morgan fingerprint density at radius 3 is 0.894 bits per heavy atom. The van der Waals surface area contributed by atoms with Gasteiger partial charge in [-0.05, 0) is 37.5 Å². The summed E-state index contributed by atoms with van der Waals surface area (Å²) in [6.45, 7) is 9.48. The number of esters is 4. The SMILES string of the molecule is CCCCCCCCCCCCCCC(=O)O[C@H](COC(=O)CCCCCCCCCCC)COP(=O)(O)OC[C@H](O)COP(=O)(O)OC[C@@H](COC(=O)CCCCCCCCCCC(C)CC)OC(=O)CCCCCCCCCCCC(C)C. The van der Waals surface area contributed by atoms with Crippen molar-refractivity contribution in [2.45, 2.75) is 349 Å². The lowest BCUT2D eigenvalue weighted by atomic mass is 9.99. The standard InChI is InChI=1S/C66H128O17P2/c1-7-10-12-14-16-18-19-20-24-32-38-44-50-65(70)82-61(54-76-63(68)48-42-36-30-22-17-15-13-11-8-2)56-80-84(72,73)78-52-60(67)53-79-85(74,75)81-57-62(83-66(71)51-45-39-33-25-21-23-28-34-40-46-58(4)5)55-77-64(69)49-43-37-31-27-26-29-35-41-47-59(6)9-3/h58-62,67H,7-57H2,1-6H3,(H,72,73)(H,74,75)/t59?,60-,61+,62+/m0/s1. The number of rotatable bonds is 65. The maximum Gasteiger partial charge on any atom is 0.472 e. The second-order valence-corrected chi connectivity index (χ2v) is 27.5. The van der Waals surface area contributed by atoms with E-state index >= 15 is 0 Å². The summed E-state index contributed by atoms with van der Waals surface area (Å²) in [6, 6.07) is 0. The van der Waals surface area contributed by atoms with E-state index in [9.17, 15) is 43.2 Å². The first kappa shape index (κ1) is 83.1.